The maximum absolute atomic E-state index is 12.4. The average molecular weight is 247 g/mol. The number of hydrogen-bond donors (Lipinski definition) is 2. The van der Waals surface area contributed by atoms with Crippen LogP contribution in [0.15, 0.2) is 12.4 Å². The molecule has 2 heterocycles. The summed E-state index contributed by atoms with van der Waals surface area (Å²) < 4.78 is 18.4. The Hall–Kier alpha value is -1.58. The molecule has 0 aliphatic carbocycles. The molecule has 9 heteroatoms. The van der Waals surface area contributed by atoms with E-state index in [1.165, 1.54) is 6.20 Å². The molecular formula is C8H10FN3O5. The average Bonchev–Trinajstić information content (AvgIpc) is 2.86. The van der Waals surface area contributed by atoms with E-state index in [2.05, 4.69) is 4.98 Å². The summed E-state index contributed by atoms with van der Waals surface area (Å²) in [5, 5.41) is 29.7. The Morgan fingerprint density at radius 3 is 2.82 bits per heavy atom. The fourth-order valence-corrected chi connectivity index (χ4v) is 1.73. The second kappa shape index (κ2) is 4.35. The van der Waals surface area contributed by atoms with Crippen molar-refractivity contribution in [1.82, 2.24) is 9.55 Å². The second-order valence-corrected chi connectivity index (χ2v) is 3.59. The number of halogens is 1. The van der Waals surface area contributed by atoms with Gasteiger partial charge in [-0.1, -0.05) is 4.98 Å². The Morgan fingerprint density at radius 2 is 2.29 bits per heavy atom. The van der Waals surface area contributed by atoms with Crippen LogP contribution in [0.25, 0.3) is 0 Å². The standard InChI is InChI=1S/C8H10FN3O5/c9-3-4-5(13)6(14)7(17-4)11-2-1-10-8(11)12(15)16/h1-2,4-7,13-14H,3H2/t4-,5-,6-,7?/m1/s1. The van der Waals surface area contributed by atoms with Crippen LogP contribution in [0.5, 0.6) is 0 Å². The van der Waals surface area contributed by atoms with E-state index >= 15 is 0 Å². The second-order valence-electron chi connectivity index (χ2n) is 3.59. The molecule has 1 aromatic heterocycles. The zero-order valence-corrected chi connectivity index (χ0v) is 8.51. The minimum absolute atomic E-state index is 0.541. The van der Waals surface area contributed by atoms with Gasteiger partial charge in [0.15, 0.2) is 0 Å². The molecule has 1 aliphatic heterocycles. The molecule has 0 radical (unpaired) electrons. The van der Waals surface area contributed by atoms with E-state index in [9.17, 15) is 24.7 Å². The molecule has 0 aromatic carbocycles. The van der Waals surface area contributed by atoms with Gasteiger partial charge in [-0.3, -0.25) is 0 Å². The van der Waals surface area contributed by atoms with Crippen LogP contribution in [-0.2, 0) is 4.74 Å². The van der Waals surface area contributed by atoms with Gasteiger partial charge >= 0.3 is 5.95 Å². The summed E-state index contributed by atoms with van der Waals surface area (Å²) >= 11 is 0. The highest BCUT2D eigenvalue weighted by Gasteiger charge is 2.46. The Labute approximate surface area is 94.4 Å². The third kappa shape index (κ3) is 1.88. The molecule has 8 nitrogen and oxygen atoms in total. The number of aliphatic hydroxyl groups is 2. The highest BCUT2D eigenvalue weighted by Crippen LogP contribution is 2.31. The number of imidazole rings is 1. The lowest BCUT2D eigenvalue weighted by molar-refractivity contribution is -0.398. The Morgan fingerprint density at radius 1 is 1.59 bits per heavy atom. The minimum atomic E-state index is -1.44. The Bertz CT molecular complexity index is 425. The number of hydrogen-bond acceptors (Lipinski definition) is 6. The topological polar surface area (TPSA) is 111 Å². The maximum Gasteiger partial charge on any atom is 0.436 e. The smallest absolute Gasteiger partial charge is 0.390 e. The quantitative estimate of drug-likeness (QED) is 0.544. The van der Waals surface area contributed by atoms with Gasteiger partial charge in [0.25, 0.3) is 0 Å². The lowest BCUT2D eigenvalue weighted by Crippen LogP contribution is -2.32. The fraction of sp³-hybridized carbons (Fsp3) is 0.625. The monoisotopic (exact) mass is 247 g/mol. The van der Waals surface area contributed by atoms with Crippen LogP contribution in [0, 0.1) is 10.1 Å². The van der Waals surface area contributed by atoms with Crippen molar-refractivity contribution in [2.24, 2.45) is 0 Å². The molecule has 4 atom stereocenters. The molecule has 1 aliphatic rings. The van der Waals surface area contributed by atoms with Gasteiger partial charge < -0.3 is 25.1 Å². The van der Waals surface area contributed by atoms with E-state index in [0.29, 0.717) is 0 Å². The SMILES string of the molecule is O=[N+]([O-])c1nccn1C1O[C@H](CF)[C@@H](O)[C@H]1O. The van der Waals surface area contributed by atoms with Crippen molar-refractivity contribution in [2.75, 3.05) is 6.67 Å². The van der Waals surface area contributed by atoms with E-state index in [-0.39, 0.29) is 0 Å². The first kappa shape index (κ1) is 11.9. The van der Waals surface area contributed by atoms with Crippen molar-refractivity contribution in [3.8, 4) is 0 Å². The molecule has 1 aromatic rings. The van der Waals surface area contributed by atoms with Crippen molar-refractivity contribution in [3.05, 3.63) is 22.5 Å². The van der Waals surface area contributed by atoms with Gasteiger partial charge in [0.05, 0.1) is 0 Å². The number of ether oxygens (including phenoxy) is 1. The number of aromatic nitrogens is 2. The van der Waals surface area contributed by atoms with Gasteiger partial charge in [-0.15, -0.1) is 0 Å². The number of nitrogens with zero attached hydrogens (tertiary/aromatic N) is 3. The van der Waals surface area contributed by atoms with Crippen LogP contribution in [0.2, 0.25) is 0 Å². The van der Waals surface area contributed by atoms with Crippen LogP contribution in [0.4, 0.5) is 10.3 Å². The number of nitro groups is 1. The number of rotatable bonds is 3. The molecule has 0 spiro atoms. The minimum Gasteiger partial charge on any atom is -0.390 e. The summed E-state index contributed by atoms with van der Waals surface area (Å²) in [6.45, 7) is -0.989. The van der Waals surface area contributed by atoms with Crippen molar-refractivity contribution in [2.45, 2.75) is 24.5 Å². The highest BCUT2D eigenvalue weighted by molar-refractivity contribution is 5.09. The van der Waals surface area contributed by atoms with Crippen molar-refractivity contribution in [3.63, 3.8) is 0 Å². The summed E-state index contributed by atoms with van der Waals surface area (Å²) in [7, 11) is 0. The van der Waals surface area contributed by atoms with Crippen molar-refractivity contribution in [1.29, 1.82) is 0 Å². The first-order chi connectivity index (χ1) is 8.06. The van der Waals surface area contributed by atoms with Crippen molar-refractivity contribution < 1.29 is 24.3 Å². The molecule has 2 rings (SSSR count). The third-order valence-electron chi connectivity index (χ3n) is 2.57. The molecule has 17 heavy (non-hydrogen) atoms. The first-order valence-corrected chi connectivity index (χ1v) is 4.81. The van der Waals surface area contributed by atoms with Crippen LogP contribution < -0.4 is 0 Å². The van der Waals surface area contributed by atoms with E-state index in [0.717, 1.165) is 10.8 Å². The van der Waals surface area contributed by atoms with Crippen LogP contribution in [0.3, 0.4) is 0 Å². The highest BCUT2D eigenvalue weighted by atomic mass is 19.1. The summed E-state index contributed by atoms with van der Waals surface area (Å²) in [5.41, 5.74) is 0. The third-order valence-corrected chi connectivity index (χ3v) is 2.57. The number of alkyl halides is 1. The maximum atomic E-state index is 12.4. The predicted octanol–water partition coefficient (Wildman–Crippen LogP) is -0.620. The van der Waals surface area contributed by atoms with Crippen molar-refractivity contribution >= 4 is 5.95 Å². The molecule has 0 amide bonds. The lowest BCUT2D eigenvalue weighted by atomic mass is 10.1. The van der Waals surface area contributed by atoms with Gasteiger partial charge in [-0.25, -0.2) is 4.39 Å². The summed E-state index contributed by atoms with van der Waals surface area (Å²) in [6, 6.07) is 0. The molecule has 1 saturated heterocycles. The first-order valence-electron chi connectivity index (χ1n) is 4.81. The fourth-order valence-electron chi connectivity index (χ4n) is 1.73. The van der Waals surface area contributed by atoms with Gasteiger partial charge in [0, 0.05) is 0 Å². The number of aliphatic hydroxyl groups excluding tert-OH is 2. The molecule has 2 N–H and O–H groups in total. The predicted molar refractivity (Wildman–Crippen MR) is 50.8 cm³/mol. The largest absolute Gasteiger partial charge is 0.436 e. The van der Waals surface area contributed by atoms with Crippen LogP contribution >= 0.6 is 0 Å². The Kier molecular flexibility index (Phi) is 3.05. The summed E-state index contributed by atoms with van der Waals surface area (Å²) in [6.07, 6.45) is -2.90. The van der Waals surface area contributed by atoms with Gasteiger partial charge in [0.1, 0.15) is 37.4 Å². The zero-order valence-electron chi connectivity index (χ0n) is 8.51. The molecule has 0 bridgehead atoms. The van der Waals surface area contributed by atoms with Gasteiger partial charge in [-0.2, -0.15) is 4.57 Å². The summed E-state index contributed by atoms with van der Waals surface area (Å²) in [4.78, 5) is 13.3. The van der Waals surface area contributed by atoms with E-state index in [1.807, 2.05) is 0 Å². The molecular weight excluding hydrogens is 237 g/mol. The molecule has 94 valence electrons. The van der Waals surface area contributed by atoms with Crippen LogP contribution in [-0.4, -0.2) is 49.7 Å². The normalized spacial score (nSPS) is 32.9. The Balaban J connectivity index is 2.29. The van der Waals surface area contributed by atoms with Gasteiger partial charge in [0.2, 0.25) is 6.23 Å². The molecule has 0 saturated carbocycles. The zero-order chi connectivity index (χ0) is 12.6. The summed E-state index contributed by atoms with van der Waals surface area (Å²) in [5.74, 6) is -0.541. The van der Waals surface area contributed by atoms with E-state index in [4.69, 9.17) is 4.74 Å². The van der Waals surface area contributed by atoms with Crippen LogP contribution in [0.1, 0.15) is 6.23 Å². The lowest BCUT2D eigenvalue weighted by Gasteiger charge is -2.13. The molecule has 1 fully saturated rings. The van der Waals surface area contributed by atoms with E-state index < -0.39 is 42.1 Å². The molecule has 1 unspecified atom stereocenters. The van der Waals surface area contributed by atoms with E-state index in [1.54, 1.807) is 0 Å². The van der Waals surface area contributed by atoms with Gasteiger partial charge in [-0.05, 0) is 4.92 Å².